The molecule has 3 aromatic carbocycles. The van der Waals surface area contributed by atoms with Gasteiger partial charge in [0, 0.05) is 25.0 Å². The number of nitrogens with zero attached hydrogens (tertiary/aromatic N) is 3. The SMILES string of the molecule is FC(F)(F)c1cccc2c1CCN(c1nc(NCc3ccccc3)c3ccccc3n1)C2. The van der Waals surface area contributed by atoms with Crippen molar-refractivity contribution >= 4 is 22.7 Å². The summed E-state index contributed by atoms with van der Waals surface area (Å²) < 4.78 is 40.2. The molecule has 0 atom stereocenters. The number of para-hydroxylation sites is 1. The van der Waals surface area contributed by atoms with E-state index in [1.807, 2.05) is 59.5 Å². The molecule has 5 rings (SSSR count). The molecule has 1 aromatic heterocycles. The lowest BCUT2D eigenvalue weighted by molar-refractivity contribution is -0.138. The van der Waals surface area contributed by atoms with Gasteiger partial charge in [-0.2, -0.15) is 18.2 Å². The van der Waals surface area contributed by atoms with Crippen molar-refractivity contribution in [2.24, 2.45) is 0 Å². The highest BCUT2D eigenvalue weighted by atomic mass is 19.4. The molecule has 162 valence electrons. The second kappa shape index (κ2) is 8.15. The van der Waals surface area contributed by atoms with Crippen molar-refractivity contribution in [2.75, 3.05) is 16.8 Å². The van der Waals surface area contributed by atoms with Crippen LogP contribution in [0, 0.1) is 0 Å². The molecule has 4 aromatic rings. The first-order valence-corrected chi connectivity index (χ1v) is 10.5. The fourth-order valence-electron chi connectivity index (χ4n) is 4.17. The molecule has 4 nitrogen and oxygen atoms in total. The molecule has 2 heterocycles. The number of anilines is 2. The molecule has 0 bridgehead atoms. The molecule has 1 aliphatic heterocycles. The minimum atomic E-state index is -4.35. The number of aromatic nitrogens is 2. The zero-order valence-corrected chi connectivity index (χ0v) is 17.2. The number of halogens is 3. The highest BCUT2D eigenvalue weighted by Crippen LogP contribution is 2.36. The zero-order valence-electron chi connectivity index (χ0n) is 17.2. The lowest BCUT2D eigenvalue weighted by atomic mass is 9.94. The van der Waals surface area contributed by atoms with Crippen LogP contribution in [-0.4, -0.2) is 16.5 Å². The van der Waals surface area contributed by atoms with Gasteiger partial charge < -0.3 is 10.2 Å². The van der Waals surface area contributed by atoms with Gasteiger partial charge in [0.15, 0.2) is 0 Å². The quantitative estimate of drug-likeness (QED) is 0.439. The Morgan fingerprint density at radius 1 is 0.875 bits per heavy atom. The number of hydrogen-bond donors (Lipinski definition) is 1. The highest BCUT2D eigenvalue weighted by Gasteiger charge is 2.35. The van der Waals surface area contributed by atoms with E-state index in [-0.39, 0.29) is 0 Å². The van der Waals surface area contributed by atoms with Gasteiger partial charge in [0.1, 0.15) is 5.82 Å². The van der Waals surface area contributed by atoms with E-state index >= 15 is 0 Å². The first kappa shape index (κ1) is 20.3. The largest absolute Gasteiger partial charge is 0.416 e. The molecule has 0 spiro atoms. The van der Waals surface area contributed by atoms with Crippen LogP contribution in [-0.2, 0) is 25.7 Å². The summed E-state index contributed by atoms with van der Waals surface area (Å²) in [5.41, 5.74) is 2.42. The monoisotopic (exact) mass is 434 g/mol. The molecule has 0 radical (unpaired) electrons. The highest BCUT2D eigenvalue weighted by molar-refractivity contribution is 5.90. The summed E-state index contributed by atoms with van der Waals surface area (Å²) in [5, 5.41) is 4.31. The number of benzene rings is 3. The van der Waals surface area contributed by atoms with Gasteiger partial charge in [-0.15, -0.1) is 0 Å². The maximum Gasteiger partial charge on any atom is 0.416 e. The molecule has 0 aliphatic carbocycles. The Balaban J connectivity index is 1.47. The maximum atomic E-state index is 13.4. The Bertz CT molecular complexity index is 1260. The first-order valence-electron chi connectivity index (χ1n) is 10.5. The van der Waals surface area contributed by atoms with E-state index in [1.165, 1.54) is 6.07 Å². The van der Waals surface area contributed by atoms with Crippen molar-refractivity contribution in [3.8, 4) is 0 Å². The van der Waals surface area contributed by atoms with Crippen LogP contribution in [0.4, 0.5) is 24.9 Å². The van der Waals surface area contributed by atoms with Gasteiger partial charge in [-0.05, 0) is 41.3 Å². The Morgan fingerprint density at radius 3 is 2.47 bits per heavy atom. The van der Waals surface area contributed by atoms with Crippen LogP contribution in [0.3, 0.4) is 0 Å². The van der Waals surface area contributed by atoms with Gasteiger partial charge >= 0.3 is 6.18 Å². The van der Waals surface area contributed by atoms with E-state index in [1.54, 1.807) is 6.07 Å². The van der Waals surface area contributed by atoms with Crippen molar-refractivity contribution in [1.82, 2.24) is 9.97 Å². The third-order valence-electron chi connectivity index (χ3n) is 5.75. The van der Waals surface area contributed by atoms with Crippen LogP contribution < -0.4 is 10.2 Å². The van der Waals surface area contributed by atoms with Crippen LogP contribution in [0.5, 0.6) is 0 Å². The Hall–Kier alpha value is -3.61. The Kier molecular flexibility index (Phi) is 5.17. The molecule has 0 amide bonds. The van der Waals surface area contributed by atoms with Gasteiger partial charge in [0.25, 0.3) is 0 Å². The van der Waals surface area contributed by atoms with E-state index in [4.69, 9.17) is 9.97 Å². The molecule has 0 saturated heterocycles. The van der Waals surface area contributed by atoms with Crippen molar-refractivity contribution < 1.29 is 13.2 Å². The lowest BCUT2D eigenvalue weighted by Gasteiger charge is -2.31. The second-order valence-electron chi connectivity index (χ2n) is 7.84. The fourth-order valence-corrected chi connectivity index (χ4v) is 4.17. The van der Waals surface area contributed by atoms with Crippen molar-refractivity contribution in [2.45, 2.75) is 25.7 Å². The molecule has 32 heavy (non-hydrogen) atoms. The average Bonchev–Trinajstić information content (AvgIpc) is 2.81. The molecular formula is C25H21F3N4. The number of nitrogens with one attached hydrogen (secondary N) is 1. The predicted octanol–water partition coefficient (Wildman–Crippen LogP) is 5.82. The summed E-state index contributed by atoms with van der Waals surface area (Å²) in [6.45, 7) is 1.38. The Morgan fingerprint density at radius 2 is 1.66 bits per heavy atom. The summed E-state index contributed by atoms with van der Waals surface area (Å²) in [6, 6.07) is 22.2. The number of rotatable bonds is 4. The minimum Gasteiger partial charge on any atom is -0.365 e. The molecule has 1 aliphatic rings. The summed E-state index contributed by atoms with van der Waals surface area (Å²) in [4.78, 5) is 11.4. The fraction of sp³-hybridized carbons (Fsp3) is 0.200. The third-order valence-corrected chi connectivity index (χ3v) is 5.75. The standard InChI is InChI=1S/C25H21F3N4/c26-25(27,28)21-11-6-9-18-16-32(14-13-19(18)21)24-30-22-12-5-4-10-20(22)23(31-24)29-15-17-7-2-1-3-8-17/h1-12H,13-16H2,(H,29,30,31). The van der Waals surface area contributed by atoms with E-state index in [0.717, 1.165) is 22.5 Å². The lowest BCUT2D eigenvalue weighted by Crippen LogP contribution is -2.33. The predicted molar refractivity (Wildman–Crippen MR) is 120 cm³/mol. The molecular weight excluding hydrogens is 413 g/mol. The summed E-state index contributed by atoms with van der Waals surface area (Å²) in [5.74, 6) is 1.23. The van der Waals surface area contributed by atoms with Crippen LogP contribution in [0.1, 0.15) is 22.3 Å². The normalized spacial score (nSPS) is 13.8. The van der Waals surface area contributed by atoms with Gasteiger partial charge in [-0.1, -0.05) is 54.6 Å². The Labute approximate surface area is 183 Å². The summed E-state index contributed by atoms with van der Waals surface area (Å²) >= 11 is 0. The number of alkyl halides is 3. The molecule has 7 heteroatoms. The van der Waals surface area contributed by atoms with Gasteiger partial charge in [0.2, 0.25) is 5.95 Å². The van der Waals surface area contributed by atoms with E-state index < -0.39 is 11.7 Å². The smallest absolute Gasteiger partial charge is 0.365 e. The van der Waals surface area contributed by atoms with Gasteiger partial charge in [-0.25, -0.2) is 4.98 Å². The van der Waals surface area contributed by atoms with Crippen molar-refractivity contribution in [1.29, 1.82) is 0 Å². The first-order chi connectivity index (χ1) is 15.5. The summed E-state index contributed by atoms with van der Waals surface area (Å²) in [6.07, 6.45) is -4.05. The second-order valence-corrected chi connectivity index (χ2v) is 7.84. The molecule has 0 fully saturated rings. The molecule has 0 unspecified atom stereocenters. The van der Waals surface area contributed by atoms with E-state index in [2.05, 4.69) is 5.32 Å². The zero-order chi connectivity index (χ0) is 22.1. The maximum absolute atomic E-state index is 13.4. The van der Waals surface area contributed by atoms with Crippen molar-refractivity contribution in [3.05, 3.63) is 95.1 Å². The summed E-state index contributed by atoms with van der Waals surface area (Å²) in [7, 11) is 0. The van der Waals surface area contributed by atoms with Gasteiger partial charge in [-0.3, -0.25) is 0 Å². The topological polar surface area (TPSA) is 41.1 Å². The van der Waals surface area contributed by atoms with Crippen molar-refractivity contribution in [3.63, 3.8) is 0 Å². The van der Waals surface area contributed by atoms with Crippen LogP contribution in [0.15, 0.2) is 72.8 Å². The number of hydrogen-bond acceptors (Lipinski definition) is 4. The van der Waals surface area contributed by atoms with E-state index in [0.29, 0.717) is 48.9 Å². The van der Waals surface area contributed by atoms with Crippen LogP contribution >= 0.6 is 0 Å². The average molecular weight is 434 g/mol. The minimum absolute atomic E-state index is 0.300. The van der Waals surface area contributed by atoms with Gasteiger partial charge in [0.05, 0.1) is 11.1 Å². The number of fused-ring (bicyclic) bond motifs is 2. The molecule has 0 saturated carbocycles. The van der Waals surface area contributed by atoms with E-state index in [9.17, 15) is 13.2 Å². The third kappa shape index (κ3) is 3.98. The molecule has 1 N–H and O–H groups in total. The van der Waals surface area contributed by atoms with Crippen LogP contribution in [0.25, 0.3) is 10.9 Å². The van der Waals surface area contributed by atoms with Crippen LogP contribution in [0.2, 0.25) is 0 Å².